The summed E-state index contributed by atoms with van der Waals surface area (Å²) in [5, 5.41) is 0. The summed E-state index contributed by atoms with van der Waals surface area (Å²) in [6.07, 6.45) is 0.883. The van der Waals surface area contributed by atoms with Crippen molar-refractivity contribution >= 4 is 51.2 Å². The average Bonchev–Trinajstić information content (AvgIpc) is 2.55. The molecule has 0 saturated heterocycles. The molecule has 0 bridgehead atoms. The van der Waals surface area contributed by atoms with Crippen LogP contribution in [-0.2, 0) is 30.1 Å². The van der Waals surface area contributed by atoms with E-state index in [4.69, 9.17) is 25.6 Å². The van der Waals surface area contributed by atoms with Crippen molar-refractivity contribution in [3.05, 3.63) is 0 Å². The Bertz CT molecular complexity index is 505. The van der Waals surface area contributed by atoms with Crippen molar-refractivity contribution in [3.8, 4) is 0 Å². The molecule has 0 aromatic rings. The molecule has 7 nitrogen and oxygen atoms in total. The van der Waals surface area contributed by atoms with Gasteiger partial charge in [-0.25, -0.2) is 0 Å². The molecule has 0 rings (SSSR count). The highest BCUT2D eigenvalue weighted by Crippen LogP contribution is 2.32. The summed E-state index contributed by atoms with van der Waals surface area (Å²) in [6.45, 7) is 19.3. The fraction of sp³-hybridized carbons (Fsp3) is 1.00. The van der Waals surface area contributed by atoms with Gasteiger partial charge in [-0.2, -0.15) is 0 Å². The first-order valence-corrected chi connectivity index (χ1v) is 26.4. The predicted octanol–water partition coefficient (Wildman–Crippen LogP) is 5.10. The van der Waals surface area contributed by atoms with Gasteiger partial charge in [0.1, 0.15) is 0 Å². The Morgan fingerprint density at radius 3 is 1.43 bits per heavy atom. The summed E-state index contributed by atoms with van der Waals surface area (Å²) in [4.78, 5) is 0. The largest absolute Gasteiger partial charge is 0.500 e. The normalized spacial score (nSPS) is 14.3. The lowest BCUT2D eigenvalue weighted by Gasteiger charge is -2.43. The first kappa shape index (κ1) is 30.9. The number of hydrogen-bond donors (Lipinski definition) is 0. The van der Waals surface area contributed by atoms with Crippen molar-refractivity contribution in [1.29, 1.82) is 0 Å². The highest BCUT2D eigenvalue weighted by Gasteiger charge is 2.52. The molecule has 0 atom stereocenters. The van der Waals surface area contributed by atoms with Crippen molar-refractivity contribution in [2.75, 3.05) is 21.3 Å². The van der Waals surface area contributed by atoms with E-state index in [0.717, 1.165) is 18.5 Å². The molecule has 0 aliphatic carbocycles. The molecule has 0 aromatic heterocycles. The zero-order chi connectivity index (χ0) is 23.9. The summed E-state index contributed by atoms with van der Waals surface area (Å²) < 4.78 is 49.6. The Morgan fingerprint density at radius 1 is 0.667 bits per heavy atom. The predicted molar refractivity (Wildman–Crippen MR) is 136 cm³/mol. The third-order valence-corrected chi connectivity index (χ3v) is 23.7. The molecule has 180 valence electrons. The molecule has 0 aromatic carbocycles. The highest BCUT2D eigenvalue weighted by atomic mass is 28.5. The third kappa shape index (κ3) is 12.2. The molecular weight excluding hydrogens is 485 g/mol. The molecule has 0 unspecified atom stereocenters. The molecule has 0 aliphatic heterocycles. The van der Waals surface area contributed by atoms with Gasteiger partial charge in [-0.05, 0) is 70.9 Å². The van der Waals surface area contributed by atoms with Gasteiger partial charge in [-0.3, -0.25) is 0 Å². The van der Waals surface area contributed by atoms with Gasteiger partial charge < -0.3 is 30.1 Å². The minimum Gasteiger partial charge on any atom is -0.417 e. The molecule has 30 heavy (non-hydrogen) atoms. The van der Waals surface area contributed by atoms with Gasteiger partial charge in [0.15, 0.2) is 25.0 Å². The quantitative estimate of drug-likeness (QED) is 0.257. The zero-order valence-electron chi connectivity index (χ0n) is 21.4. The lowest BCUT2D eigenvalue weighted by Crippen LogP contribution is -2.62. The van der Waals surface area contributed by atoms with Crippen molar-refractivity contribution in [1.82, 2.24) is 0 Å². The second-order valence-electron chi connectivity index (χ2n) is 10.2. The maximum absolute atomic E-state index is 12.7. The van der Waals surface area contributed by atoms with Crippen LogP contribution in [0.25, 0.3) is 0 Å². The van der Waals surface area contributed by atoms with E-state index in [1.807, 2.05) is 6.92 Å². The monoisotopic (exact) mass is 530 g/mol. The minimum absolute atomic E-state index is 0.450. The van der Waals surface area contributed by atoms with Gasteiger partial charge in [0, 0.05) is 27.4 Å². The van der Waals surface area contributed by atoms with Crippen LogP contribution in [0.4, 0.5) is 0 Å². The van der Waals surface area contributed by atoms with Gasteiger partial charge >= 0.3 is 17.6 Å². The van der Waals surface area contributed by atoms with Gasteiger partial charge in [0.05, 0.1) is 5.67 Å². The summed E-state index contributed by atoms with van der Waals surface area (Å²) in [5.41, 5.74) is 0.450. The summed E-state index contributed by atoms with van der Waals surface area (Å²) in [6, 6.07) is 2.29. The lowest BCUT2D eigenvalue weighted by atomic mass is 10.6. The van der Waals surface area contributed by atoms with E-state index < -0.39 is 51.2 Å². The molecule has 0 aliphatic rings. The van der Waals surface area contributed by atoms with E-state index in [1.54, 1.807) is 21.3 Å². The van der Waals surface area contributed by atoms with Crippen LogP contribution in [0.3, 0.4) is 0 Å². The van der Waals surface area contributed by atoms with Crippen LogP contribution in [0.15, 0.2) is 0 Å². The summed E-state index contributed by atoms with van der Waals surface area (Å²) >= 11 is 0. The Balaban J connectivity index is 5.67. The SMILES string of the molecule is CC[Si](=O)C[Si](O[Si](C)(C)C)(O[Si](C)(C)C)O[Si](C)(C)CCC[Si](OC)(OC)OC. The molecule has 0 amide bonds. The van der Waals surface area contributed by atoms with Crippen molar-refractivity contribution in [3.63, 3.8) is 0 Å². The van der Waals surface area contributed by atoms with Gasteiger partial charge in [-0.15, -0.1) is 0 Å². The van der Waals surface area contributed by atoms with Crippen LogP contribution in [-0.4, -0.2) is 72.6 Å². The Hall–Kier alpha value is 0.861. The van der Waals surface area contributed by atoms with Gasteiger partial charge in [-0.1, -0.05) is 6.92 Å². The average molecular weight is 531 g/mol. The number of rotatable bonds is 16. The molecule has 0 fully saturated rings. The smallest absolute Gasteiger partial charge is 0.417 e. The molecule has 0 radical (unpaired) electrons. The highest BCUT2D eigenvalue weighted by molar-refractivity contribution is 6.93. The van der Waals surface area contributed by atoms with E-state index in [1.165, 1.54) is 0 Å². The summed E-state index contributed by atoms with van der Waals surface area (Å²) in [7, 11) is -8.66. The van der Waals surface area contributed by atoms with Crippen molar-refractivity contribution in [2.45, 2.75) is 89.5 Å². The van der Waals surface area contributed by atoms with E-state index in [2.05, 4.69) is 52.4 Å². The van der Waals surface area contributed by atoms with E-state index in [9.17, 15) is 4.46 Å². The second-order valence-corrected chi connectivity index (χ2v) is 32.8. The molecule has 0 spiro atoms. The van der Waals surface area contributed by atoms with Gasteiger partial charge in [0.2, 0.25) is 0 Å². The Kier molecular flexibility index (Phi) is 12.7. The second kappa shape index (κ2) is 12.4. The Morgan fingerprint density at radius 2 is 1.10 bits per heavy atom. The third-order valence-electron chi connectivity index (χ3n) is 4.36. The zero-order valence-corrected chi connectivity index (χ0v) is 27.4. The maximum Gasteiger partial charge on any atom is 0.500 e. The van der Waals surface area contributed by atoms with E-state index in [0.29, 0.717) is 11.7 Å². The van der Waals surface area contributed by atoms with E-state index >= 15 is 0 Å². The lowest BCUT2D eigenvalue weighted by molar-refractivity contribution is 0.123. The van der Waals surface area contributed by atoms with Crippen LogP contribution >= 0.6 is 0 Å². The fourth-order valence-corrected chi connectivity index (χ4v) is 24.9. The summed E-state index contributed by atoms with van der Waals surface area (Å²) in [5.74, 6) is 0. The Labute approximate surface area is 191 Å². The van der Waals surface area contributed by atoms with Crippen molar-refractivity contribution in [2.24, 2.45) is 0 Å². The minimum atomic E-state index is -3.07. The van der Waals surface area contributed by atoms with Crippen LogP contribution in [0.1, 0.15) is 13.3 Å². The van der Waals surface area contributed by atoms with Crippen LogP contribution < -0.4 is 0 Å². The first-order valence-electron chi connectivity index (χ1n) is 10.7. The van der Waals surface area contributed by atoms with E-state index in [-0.39, 0.29) is 0 Å². The van der Waals surface area contributed by atoms with Crippen LogP contribution in [0.2, 0.25) is 76.2 Å². The standard InChI is InChI=1S/C17H46O7Si6/c1-13-25(18)17-30(22-26(5,6)7,23-27(8,9)10)24-28(11,12)15-14-16-29(19-2,20-3)21-4/h13-17H2,1-12H3. The van der Waals surface area contributed by atoms with Crippen LogP contribution in [0.5, 0.6) is 0 Å². The van der Waals surface area contributed by atoms with Crippen molar-refractivity contribution < 1.29 is 30.1 Å². The molecule has 0 heterocycles. The molecule has 13 heteroatoms. The molecule has 0 N–H and O–H groups in total. The van der Waals surface area contributed by atoms with Crippen LogP contribution in [0, 0.1) is 0 Å². The fourth-order valence-electron chi connectivity index (χ4n) is 3.23. The number of hydrogen-bond acceptors (Lipinski definition) is 7. The molecular formula is C17H46O7Si6. The molecule has 0 saturated carbocycles. The maximum atomic E-state index is 12.7. The first-order chi connectivity index (χ1) is 13.5. The topological polar surface area (TPSA) is 72.5 Å². The van der Waals surface area contributed by atoms with Gasteiger partial charge in [0.25, 0.3) is 8.68 Å².